The molecular formula is C16H21N3O2. The number of nitrogens with one attached hydrogen (secondary N) is 1. The van der Waals surface area contributed by atoms with E-state index in [-0.39, 0.29) is 11.9 Å². The number of amides is 1. The van der Waals surface area contributed by atoms with Gasteiger partial charge in [0.1, 0.15) is 11.4 Å². The maximum atomic E-state index is 12.1. The van der Waals surface area contributed by atoms with Crippen LogP contribution in [0.5, 0.6) is 5.75 Å². The van der Waals surface area contributed by atoms with Crippen LogP contribution >= 0.6 is 0 Å². The second-order valence-corrected chi connectivity index (χ2v) is 5.24. The molecule has 0 saturated heterocycles. The Bertz CT molecular complexity index is 615. The van der Waals surface area contributed by atoms with Gasteiger partial charge in [-0.1, -0.05) is 12.1 Å². The summed E-state index contributed by atoms with van der Waals surface area (Å²) in [7, 11) is 1.63. The largest absolute Gasteiger partial charge is 0.497 e. The minimum atomic E-state index is -0.159. The number of aromatic nitrogens is 2. The normalized spacial score (nSPS) is 10.7. The van der Waals surface area contributed by atoms with Gasteiger partial charge in [-0.05, 0) is 44.5 Å². The number of nitrogens with zero attached hydrogens (tertiary/aromatic N) is 2. The van der Waals surface area contributed by atoms with Crippen molar-refractivity contribution < 1.29 is 9.53 Å². The molecule has 1 aromatic heterocycles. The number of hydrogen-bond donors (Lipinski definition) is 1. The van der Waals surface area contributed by atoms with Crippen molar-refractivity contribution in [1.29, 1.82) is 0 Å². The summed E-state index contributed by atoms with van der Waals surface area (Å²) in [5.41, 5.74) is 2.46. The Morgan fingerprint density at radius 2 is 2.00 bits per heavy atom. The zero-order valence-electron chi connectivity index (χ0n) is 12.9. The molecule has 5 nitrogen and oxygen atoms in total. The van der Waals surface area contributed by atoms with Crippen molar-refractivity contribution in [2.45, 2.75) is 33.4 Å². The highest BCUT2D eigenvalue weighted by Crippen LogP contribution is 2.12. The van der Waals surface area contributed by atoms with Crippen molar-refractivity contribution in [3.63, 3.8) is 0 Å². The highest BCUT2D eigenvalue weighted by molar-refractivity contribution is 5.92. The summed E-state index contributed by atoms with van der Waals surface area (Å²) in [5.74, 6) is 0.643. The average Bonchev–Trinajstić information content (AvgIpc) is 2.87. The molecule has 0 aliphatic rings. The molecule has 0 spiro atoms. The maximum absolute atomic E-state index is 12.1. The molecule has 1 aromatic carbocycles. The SMILES string of the molecule is COc1ccc(CNC(=O)c2cc(C)n(C(C)C)n2)cc1. The Labute approximate surface area is 124 Å². The van der Waals surface area contributed by atoms with Crippen LogP contribution in [0.1, 0.15) is 41.6 Å². The summed E-state index contributed by atoms with van der Waals surface area (Å²) < 4.78 is 6.95. The number of ether oxygens (including phenoxy) is 1. The number of aryl methyl sites for hydroxylation is 1. The quantitative estimate of drug-likeness (QED) is 0.920. The smallest absolute Gasteiger partial charge is 0.272 e. The first-order valence-electron chi connectivity index (χ1n) is 6.98. The van der Waals surface area contributed by atoms with Crippen molar-refractivity contribution in [3.05, 3.63) is 47.3 Å². The molecular weight excluding hydrogens is 266 g/mol. The van der Waals surface area contributed by atoms with Gasteiger partial charge < -0.3 is 10.1 Å². The lowest BCUT2D eigenvalue weighted by molar-refractivity contribution is 0.0945. The van der Waals surface area contributed by atoms with Gasteiger partial charge in [-0.15, -0.1) is 0 Å². The van der Waals surface area contributed by atoms with E-state index < -0.39 is 0 Å². The minimum absolute atomic E-state index is 0.159. The fourth-order valence-corrected chi connectivity index (χ4v) is 2.14. The van der Waals surface area contributed by atoms with E-state index in [2.05, 4.69) is 10.4 Å². The van der Waals surface area contributed by atoms with E-state index in [1.807, 2.05) is 55.8 Å². The van der Waals surface area contributed by atoms with Crippen molar-refractivity contribution >= 4 is 5.91 Å². The van der Waals surface area contributed by atoms with E-state index in [4.69, 9.17) is 4.74 Å². The highest BCUT2D eigenvalue weighted by atomic mass is 16.5. The monoisotopic (exact) mass is 287 g/mol. The van der Waals surface area contributed by atoms with Gasteiger partial charge >= 0.3 is 0 Å². The van der Waals surface area contributed by atoms with Crippen molar-refractivity contribution in [1.82, 2.24) is 15.1 Å². The van der Waals surface area contributed by atoms with Crippen LogP contribution in [0, 0.1) is 6.92 Å². The van der Waals surface area contributed by atoms with Crippen molar-refractivity contribution in [2.24, 2.45) is 0 Å². The maximum Gasteiger partial charge on any atom is 0.272 e. The van der Waals surface area contributed by atoms with Gasteiger partial charge in [-0.2, -0.15) is 5.10 Å². The summed E-state index contributed by atoms with van der Waals surface area (Å²) in [4.78, 5) is 12.1. The lowest BCUT2D eigenvalue weighted by atomic mass is 10.2. The van der Waals surface area contributed by atoms with Crippen LogP contribution in [0.3, 0.4) is 0 Å². The Morgan fingerprint density at radius 3 is 2.52 bits per heavy atom. The van der Waals surface area contributed by atoms with Gasteiger partial charge in [-0.25, -0.2) is 0 Å². The zero-order valence-corrected chi connectivity index (χ0v) is 12.9. The van der Waals surface area contributed by atoms with Gasteiger partial charge in [-0.3, -0.25) is 9.48 Å². The first kappa shape index (κ1) is 15.1. The van der Waals surface area contributed by atoms with Crippen LogP contribution in [0.2, 0.25) is 0 Å². The molecule has 0 aliphatic heterocycles. The number of rotatable bonds is 5. The summed E-state index contributed by atoms with van der Waals surface area (Å²) >= 11 is 0. The van der Waals surface area contributed by atoms with Crippen LogP contribution in [0.25, 0.3) is 0 Å². The molecule has 21 heavy (non-hydrogen) atoms. The van der Waals surface area contributed by atoms with E-state index in [0.29, 0.717) is 12.2 Å². The summed E-state index contributed by atoms with van der Waals surface area (Å²) in [5, 5.41) is 7.21. The molecule has 0 fully saturated rings. The standard InChI is InChI=1S/C16H21N3O2/c1-11(2)19-12(3)9-15(18-19)16(20)17-10-13-5-7-14(21-4)8-6-13/h5-9,11H,10H2,1-4H3,(H,17,20). The Balaban J connectivity index is 1.99. The molecule has 0 atom stereocenters. The van der Waals surface area contributed by atoms with Crippen LogP contribution in [0.15, 0.2) is 30.3 Å². The second kappa shape index (κ2) is 6.43. The summed E-state index contributed by atoms with van der Waals surface area (Å²) in [6.07, 6.45) is 0. The lowest BCUT2D eigenvalue weighted by Crippen LogP contribution is -2.23. The summed E-state index contributed by atoms with van der Waals surface area (Å²) in [6, 6.07) is 9.66. The highest BCUT2D eigenvalue weighted by Gasteiger charge is 2.13. The van der Waals surface area contributed by atoms with Gasteiger partial charge in [0, 0.05) is 18.3 Å². The van der Waals surface area contributed by atoms with Crippen LogP contribution < -0.4 is 10.1 Å². The van der Waals surface area contributed by atoms with Gasteiger partial charge in [0.2, 0.25) is 0 Å². The molecule has 0 aliphatic carbocycles. The fraction of sp³-hybridized carbons (Fsp3) is 0.375. The second-order valence-electron chi connectivity index (χ2n) is 5.24. The van der Waals surface area contributed by atoms with E-state index >= 15 is 0 Å². The predicted molar refractivity (Wildman–Crippen MR) is 81.5 cm³/mol. The molecule has 0 unspecified atom stereocenters. The molecule has 112 valence electrons. The number of hydrogen-bond acceptors (Lipinski definition) is 3. The predicted octanol–water partition coefficient (Wildman–Crippen LogP) is 2.71. The molecule has 1 amide bonds. The number of carbonyl (C=O) groups excluding carboxylic acids is 1. The van der Waals surface area contributed by atoms with Gasteiger partial charge in [0.25, 0.3) is 5.91 Å². The number of methoxy groups -OCH3 is 1. The molecule has 2 rings (SSSR count). The topological polar surface area (TPSA) is 56.1 Å². The lowest BCUT2D eigenvalue weighted by Gasteiger charge is -2.07. The van der Waals surface area contributed by atoms with Crippen LogP contribution in [-0.2, 0) is 6.54 Å². The van der Waals surface area contributed by atoms with Crippen molar-refractivity contribution in [2.75, 3.05) is 7.11 Å². The van der Waals surface area contributed by atoms with E-state index in [1.54, 1.807) is 7.11 Å². The summed E-state index contributed by atoms with van der Waals surface area (Å²) in [6.45, 7) is 6.50. The van der Waals surface area contributed by atoms with Crippen LogP contribution in [0.4, 0.5) is 0 Å². The van der Waals surface area contributed by atoms with Crippen LogP contribution in [-0.4, -0.2) is 22.8 Å². The molecule has 2 aromatic rings. The minimum Gasteiger partial charge on any atom is -0.497 e. The molecule has 0 radical (unpaired) electrons. The van der Waals surface area contributed by atoms with Crippen molar-refractivity contribution in [3.8, 4) is 5.75 Å². The number of benzene rings is 1. The Kier molecular flexibility index (Phi) is 4.62. The molecule has 5 heteroatoms. The third-order valence-electron chi connectivity index (χ3n) is 3.26. The van der Waals surface area contributed by atoms with E-state index in [0.717, 1.165) is 17.0 Å². The number of carbonyl (C=O) groups is 1. The Hall–Kier alpha value is -2.30. The zero-order chi connectivity index (χ0) is 15.4. The van der Waals surface area contributed by atoms with E-state index in [1.165, 1.54) is 0 Å². The average molecular weight is 287 g/mol. The molecule has 1 heterocycles. The first-order valence-corrected chi connectivity index (χ1v) is 6.98. The van der Waals surface area contributed by atoms with Gasteiger partial charge in [0.05, 0.1) is 7.11 Å². The van der Waals surface area contributed by atoms with Gasteiger partial charge in [0.15, 0.2) is 0 Å². The third kappa shape index (κ3) is 3.62. The molecule has 0 bridgehead atoms. The molecule has 0 saturated carbocycles. The Morgan fingerprint density at radius 1 is 1.33 bits per heavy atom. The third-order valence-corrected chi connectivity index (χ3v) is 3.26. The molecule has 1 N–H and O–H groups in total. The first-order chi connectivity index (χ1) is 10.0. The van der Waals surface area contributed by atoms with E-state index in [9.17, 15) is 4.79 Å². The fourth-order valence-electron chi connectivity index (χ4n) is 2.14.